The van der Waals surface area contributed by atoms with E-state index in [1.54, 1.807) is 0 Å². The highest BCUT2D eigenvalue weighted by Gasteiger charge is 2.52. The molecule has 226 valence electrons. The van der Waals surface area contributed by atoms with Gasteiger partial charge in [-0.15, -0.1) is 49.6 Å². The van der Waals surface area contributed by atoms with Gasteiger partial charge in [0.15, 0.2) is 12.6 Å². The van der Waals surface area contributed by atoms with E-state index in [9.17, 15) is 35.7 Å². The number of nitrogens with two attached hydrogens (primary N) is 4. The number of hydrogen-bond acceptors (Lipinski definition) is 15. The third kappa shape index (κ3) is 8.29. The van der Waals surface area contributed by atoms with Gasteiger partial charge < -0.3 is 77.6 Å². The van der Waals surface area contributed by atoms with Gasteiger partial charge in [0, 0.05) is 18.6 Å². The summed E-state index contributed by atoms with van der Waals surface area (Å²) >= 11 is 0. The van der Waals surface area contributed by atoms with Gasteiger partial charge in [-0.05, 0) is 6.42 Å². The highest BCUT2D eigenvalue weighted by molar-refractivity contribution is 5.86. The third-order valence-electron chi connectivity index (χ3n) is 6.48. The van der Waals surface area contributed by atoms with E-state index in [2.05, 4.69) is 0 Å². The molecule has 15 N–H and O–H groups in total. The minimum atomic E-state index is -1.74. The second kappa shape index (κ2) is 16.7. The number of hydrogen-bond donors (Lipinski definition) is 11. The van der Waals surface area contributed by atoms with Crippen molar-refractivity contribution in [3.8, 4) is 0 Å². The Balaban J connectivity index is 0. The molecule has 3 fully saturated rings. The fourth-order valence-corrected chi connectivity index (χ4v) is 4.37. The summed E-state index contributed by atoms with van der Waals surface area (Å²) in [6.07, 6.45) is -16.7. The largest absolute Gasteiger partial charge is 0.394 e. The molecule has 3 aliphatic rings. The van der Waals surface area contributed by atoms with Crippen LogP contribution in [0.25, 0.3) is 0 Å². The zero-order valence-corrected chi connectivity index (χ0v) is 22.8. The molecule has 19 heteroatoms. The molecule has 2 heterocycles. The number of ether oxygens (including phenoxy) is 4. The van der Waals surface area contributed by atoms with E-state index in [1.165, 1.54) is 0 Å². The van der Waals surface area contributed by atoms with E-state index in [1.807, 2.05) is 0 Å². The first-order chi connectivity index (χ1) is 15.5. The van der Waals surface area contributed by atoms with Crippen LogP contribution in [-0.4, -0.2) is 141 Å². The molecule has 0 spiro atoms. The first-order valence-electron chi connectivity index (χ1n) is 10.8. The summed E-state index contributed by atoms with van der Waals surface area (Å²) in [6, 6.07) is -2.87. The molecule has 0 aromatic heterocycles. The van der Waals surface area contributed by atoms with E-state index < -0.39 is 98.4 Å². The number of rotatable bonds is 6. The molecule has 0 unspecified atom stereocenters. The Hall–Kier alpha value is 0.560. The molecule has 3 rings (SSSR count). The number of aliphatic hydroxyl groups excluding tert-OH is 7. The monoisotopic (exact) mass is 628 g/mol. The van der Waals surface area contributed by atoms with Crippen molar-refractivity contribution >= 4 is 49.6 Å². The molecule has 0 aromatic carbocycles. The van der Waals surface area contributed by atoms with Crippen LogP contribution in [0.1, 0.15) is 6.42 Å². The summed E-state index contributed by atoms with van der Waals surface area (Å²) < 4.78 is 22.5. The molecule has 0 amide bonds. The molecule has 2 saturated heterocycles. The molecule has 2 aliphatic heterocycles. The van der Waals surface area contributed by atoms with Crippen LogP contribution in [0.3, 0.4) is 0 Å². The van der Waals surface area contributed by atoms with E-state index in [4.69, 9.17) is 41.9 Å². The van der Waals surface area contributed by atoms with Crippen LogP contribution in [0.15, 0.2) is 0 Å². The van der Waals surface area contributed by atoms with Crippen molar-refractivity contribution in [3.05, 3.63) is 0 Å². The fourth-order valence-electron chi connectivity index (χ4n) is 4.37. The van der Waals surface area contributed by atoms with E-state index in [0.29, 0.717) is 0 Å². The lowest BCUT2D eigenvalue weighted by Crippen LogP contribution is -2.69. The maximum absolute atomic E-state index is 10.7. The van der Waals surface area contributed by atoms with Gasteiger partial charge in [0.05, 0.1) is 18.8 Å². The van der Waals surface area contributed by atoms with Crippen LogP contribution in [-0.2, 0) is 18.9 Å². The van der Waals surface area contributed by atoms with Gasteiger partial charge in [0.2, 0.25) is 0 Å². The maximum atomic E-state index is 10.7. The predicted octanol–water partition coefficient (Wildman–Crippen LogP) is -5.60. The number of aliphatic hydroxyl groups is 7. The highest BCUT2D eigenvalue weighted by Crippen LogP contribution is 2.31. The van der Waals surface area contributed by atoms with Crippen LogP contribution < -0.4 is 22.9 Å². The van der Waals surface area contributed by atoms with Crippen LogP contribution in [0.4, 0.5) is 0 Å². The quantitative estimate of drug-likeness (QED) is 0.131. The van der Waals surface area contributed by atoms with Gasteiger partial charge in [-0.3, -0.25) is 0 Å². The minimum Gasteiger partial charge on any atom is -0.394 e. The SMILES string of the molecule is Cl.Cl.Cl.Cl.NC[C@@H]1O[C@H](O[C@H]2[C@H](O[C@@H]3O[C@H](CO)[C@@H](O)[C@H](O)[C@@H]3O)[C@H](O)[C@H](N)C[C@H]2N)[C@@H](N)[C@@H](O)[C@@H]1O. The van der Waals surface area contributed by atoms with Crippen molar-refractivity contribution in [2.45, 2.75) is 98.2 Å². The van der Waals surface area contributed by atoms with Gasteiger partial charge in [0.1, 0.15) is 54.9 Å². The Morgan fingerprint density at radius 2 is 1.14 bits per heavy atom. The van der Waals surface area contributed by atoms with Crippen molar-refractivity contribution in [1.82, 2.24) is 0 Å². The van der Waals surface area contributed by atoms with Crippen LogP contribution in [0.2, 0.25) is 0 Å². The average Bonchev–Trinajstić information content (AvgIpc) is 2.79. The van der Waals surface area contributed by atoms with Crippen molar-refractivity contribution < 1.29 is 54.7 Å². The summed E-state index contributed by atoms with van der Waals surface area (Å²) in [6.45, 7) is -0.817. The van der Waals surface area contributed by atoms with Crippen LogP contribution >= 0.6 is 49.6 Å². The first-order valence-corrected chi connectivity index (χ1v) is 10.8. The van der Waals surface area contributed by atoms with E-state index in [0.717, 1.165) is 0 Å². The standard InChI is InChI=1S/C18H36N4O11.4ClH/c19-2-6-10(25)12(27)8(22)17(30-6)32-15-5(21)1-4(20)9(24)16(15)33-18-14(29)13(28)11(26)7(3-23)31-18;;;;/h4-18,23-29H,1-3,19-22H2;4*1H/t4-,5-,6+,7-,8+,9-,10-,11-,12-,13+,14+,15-,16-,17-,18+;;;;/m1..../s1. The molecule has 15 atom stereocenters. The highest BCUT2D eigenvalue weighted by atomic mass is 35.5. The zero-order valence-electron chi connectivity index (χ0n) is 19.5. The Morgan fingerprint density at radius 1 is 0.622 bits per heavy atom. The lowest BCUT2D eigenvalue weighted by molar-refractivity contribution is -0.342. The molecular weight excluding hydrogens is 590 g/mol. The van der Waals surface area contributed by atoms with Crippen LogP contribution in [0.5, 0.6) is 0 Å². The van der Waals surface area contributed by atoms with E-state index in [-0.39, 0.29) is 62.6 Å². The molecular formula is C18H40Cl4N4O11. The molecule has 0 aromatic rings. The second-order valence-corrected chi connectivity index (χ2v) is 8.79. The Morgan fingerprint density at radius 3 is 1.68 bits per heavy atom. The molecule has 15 nitrogen and oxygen atoms in total. The number of halogens is 4. The molecule has 1 saturated carbocycles. The van der Waals surface area contributed by atoms with Gasteiger partial charge in [-0.1, -0.05) is 0 Å². The summed E-state index contributed by atoms with van der Waals surface area (Å²) in [5.41, 5.74) is 23.7. The van der Waals surface area contributed by atoms with E-state index >= 15 is 0 Å². The molecule has 37 heavy (non-hydrogen) atoms. The van der Waals surface area contributed by atoms with Gasteiger partial charge in [-0.2, -0.15) is 0 Å². The smallest absolute Gasteiger partial charge is 0.187 e. The van der Waals surface area contributed by atoms with Crippen molar-refractivity contribution in [2.24, 2.45) is 22.9 Å². The third-order valence-corrected chi connectivity index (χ3v) is 6.48. The second-order valence-electron chi connectivity index (χ2n) is 8.79. The lowest BCUT2D eigenvalue weighted by Gasteiger charge is -2.48. The van der Waals surface area contributed by atoms with Crippen molar-refractivity contribution in [2.75, 3.05) is 13.2 Å². The molecule has 0 bridgehead atoms. The van der Waals surface area contributed by atoms with Crippen molar-refractivity contribution in [3.63, 3.8) is 0 Å². The molecule has 0 radical (unpaired) electrons. The average molecular weight is 630 g/mol. The van der Waals surface area contributed by atoms with Gasteiger partial charge in [-0.25, -0.2) is 0 Å². The zero-order chi connectivity index (χ0) is 24.6. The summed E-state index contributed by atoms with van der Waals surface area (Å²) in [5.74, 6) is 0. The van der Waals surface area contributed by atoms with Crippen LogP contribution in [0, 0.1) is 0 Å². The molecule has 1 aliphatic carbocycles. The predicted molar refractivity (Wildman–Crippen MR) is 137 cm³/mol. The lowest BCUT2D eigenvalue weighted by atomic mass is 9.84. The van der Waals surface area contributed by atoms with Gasteiger partial charge >= 0.3 is 0 Å². The summed E-state index contributed by atoms with van der Waals surface area (Å²) in [4.78, 5) is 0. The first kappa shape index (κ1) is 39.7. The fraction of sp³-hybridized carbons (Fsp3) is 1.00. The summed E-state index contributed by atoms with van der Waals surface area (Å²) in [5, 5.41) is 70.7. The van der Waals surface area contributed by atoms with Gasteiger partial charge in [0.25, 0.3) is 0 Å². The normalized spacial score (nSPS) is 47.9. The summed E-state index contributed by atoms with van der Waals surface area (Å²) in [7, 11) is 0. The Bertz CT molecular complexity index is 652. The maximum Gasteiger partial charge on any atom is 0.187 e. The topological polar surface area (TPSA) is 283 Å². The van der Waals surface area contributed by atoms with Crippen molar-refractivity contribution in [1.29, 1.82) is 0 Å². The Kier molecular flexibility index (Phi) is 18.0. The minimum absolute atomic E-state index is 0. The Labute approximate surface area is 238 Å².